The van der Waals surface area contributed by atoms with Crippen LogP contribution in [0.3, 0.4) is 0 Å². The standard InChI is InChI=1S/C14H20Cl2N2/c1-17-7-3-4-13(10-17)18(2)12-6-5-11(9-15)14(16)8-12/h5-6,8,13H,3-4,7,9-10H2,1-2H3. The molecule has 0 saturated carbocycles. The molecule has 0 aromatic heterocycles. The lowest BCUT2D eigenvalue weighted by molar-refractivity contribution is 0.248. The summed E-state index contributed by atoms with van der Waals surface area (Å²) >= 11 is 12.0. The van der Waals surface area contributed by atoms with E-state index in [0.717, 1.165) is 17.1 Å². The number of likely N-dealkylation sites (tertiary alicyclic amines) is 1. The molecule has 100 valence electrons. The summed E-state index contributed by atoms with van der Waals surface area (Å²) in [6, 6.07) is 6.72. The summed E-state index contributed by atoms with van der Waals surface area (Å²) in [6.45, 7) is 2.32. The van der Waals surface area contributed by atoms with Crippen molar-refractivity contribution in [2.24, 2.45) is 0 Å². The molecule has 18 heavy (non-hydrogen) atoms. The minimum atomic E-state index is 0.467. The average molecular weight is 287 g/mol. The summed E-state index contributed by atoms with van der Waals surface area (Å²) in [5.74, 6) is 0.467. The molecule has 1 aromatic rings. The number of likely N-dealkylation sites (N-methyl/N-ethyl adjacent to an activating group) is 2. The Morgan fingerprint density at radius 2 is 2.22 bits per heavy atom. The molecule has 0 N–H and O–H groups in total. The fraction of sp³-hybridized carbons (Fsp3) is 0.571. The summed E-state index contributed by atoms with van der Waals surface area (Å²) < 4.78 is 0. The van der Waals surface area contributed by atoms with E-state index in [1.165, 1.54) is 25.1 Å². The minimum Gasteiger partial charge on any atom is -0.370 e. The second kappa shape index (κ2) is 6.14. The highest BCUT2D eigenvalue weighted by Crippen LogP contribution is 2.27. The highest BCUT2D eigenvalue weighted by atomic mass is 35.5. The van der Waals surface area contributed by atoms with E-state index in [9.17, 15) is 0 Å². The topological polar surface area (TPSA) is 6.48 Å². The van der Waals surface area contributed by atoms with Crippen molar-refractivity contribution in [1.29, 1.82) is 0 Å². The molecule has 0 aliphatic carbocycles. The summed E-state index contributed by atoms with van der Waals surface area (Å²) in [5, 5.41) is 0.763. The molecule has 0 amide bonds. The first-order valence-corrected chi connectivity index (χ1v) is 7.29. The Balaban J connectivity index is 2.12. The first-order valence-electron chi connectivity index (χ1n) is 6.37. The molecule has 1 unspecified atom stereocenters. The van der Waals surface area contributed by atoms with Crippen LogP contribution in [-0.2, 0) is 5.88 Å². The highest BCUT2D eigenvalue weighted by Gasteiger charge is 2.21. The van der Waals surface area contributed by atoms with Crippen LogP contribution in [0.25, 0.3) is 0 Å². The van der Waals surface area contributed by atoms with Gasteiger partial charge in [0, 0.05) is 36.2 Å². The molecule has 1 heterocycles. The van der Waals surface area contributed by atoms with Crippen LogP contribution < -0.4 is 4.90 Å². The van der Waals surface area contributed by atoms with Gasteiger partial charge in [0.25, 0.3) is 0 Å². The lowest BCUT2D eigenvalue weighted by Crippen LogP contribution is -2.45. The van der Waals surface area contributed by atoms with E-state index in [0.29, 0.717) is 11.9 Å². The first-order chi connectivity index (χ1) is 8.61. The van der Waals surface area contributed by atoms with Gasteiger partial charge in [0.2, 0.25) is 0 Å². The Kier molecular flexibility index (Phi) is 4.77. The molecule has 1 saturated heterocycles. The molecule has 0 spiro atoms. The summed E-state index contributed by atoms with van der Waals surface area (Å²) in [5.41, 5.74) is 2.17. The largest absolute Gasteiger partial charge is 0.370 e. The van der Waals surface area contributed by atoms with Crippen LogP contribution in [0.4, 0.5) is 5.69 Å². The Labute approximate surface area is 119 Å². The Morgan fingerprint density at radius 3 is 2.83 bits per heavy atom. The van der Waals surface area contributed by atoms with E-state index >= 15 is 0 Å². The van der Waals surface area contributed by atoms with Crippen LogP contribution in [0.5, 0.6) is 0 Å². The third-order valence-electron chi connectivity index (χ3n) is 3.74. The van der Waals surface area contributed by atoms with Crippen LogP contribution >= 0.6 is 23.2 Å². The van der Waals surface area contributed by atoms with Gasteiger partial charge in [-0.2, -0.15) is 0 Å². The van der Waals surface area contributed by atoms with Crippen molar-refractivity contribution in [3.05, 3.63) is 28.8 Å². The zero-order chi connectivity index (χ0) is 13.1. The molecule has 2 nitrogen and oxygen atoms in total. The number of anilines is 1. The van der Waals surface area contributed by atoms with Gasteiger partial charge in [0.05, 0.1) is 0 Å². The molecule has 2 rings (SSSR count). The molecular weight excluding hydrogens is 267 g/mol. The second-order valence-corrected chi connectivity index (χ2v) is 5.75. The second-order valence-electron chi connectivity index (χ2n) is 5.08. The first kappa shape index (κ1) is 14.0. The van der Waals surface area contributed by atoms with Crippen LogP contribution in [0, 0.1) is 0 Å². The summed E-state index contributed by atoms with van der Waals surface area (Å²) in [4.78, 5) is 4.72. The van der Waals surface area contributed by atoms with Crippen molar-refractivity contribution in [3.63, 3.8) is 0 Å². The number of hydrogen-bond donors (Lipinski definition) is 0. The van der Waals surface area contributed by atoms with Gasteiger partial charge in [0.15, 0.2) is 0 Å². The van der Waals surface area contributed by atoms with E-state index in [2.05, 4.69) is 30.0 Å². The predicted octanol–water partition coefficient (Wildman–Crippen LogP) is 3.61. The third kappa shape index (κ3) is 3.11. The number of halogens is 2. The number of piperidine rings is 1. The van der Waals surface area contributed by atoms with Gasteiger partial charge in [-0.25, -0.2) is 0 Å². The van der Waals surface area contributed by atoms with Crippen molar-refractivity contribution < 1.29 is 0 Å². The molecule has 0 bridgehead atoms. The number of alkyl halides is 1. The molecule has 1 aromatic carbocycles. The van der Waals surface area contributed by atoms with Crippen LogP contribution in [0.1, 0.15) is 18.4 Å². The lowest BCUT2D eigenvalue weighted by atomic mass is 10.0. The maximum absolute atomic E-state index is 6.22. The summed E-state index contributed by atoms with van der Waals surface area (Å²) in [7, 11) is 4.33. The molecule has 1 fully saturated rings. The van der Waals surface area contributed by atoms with E-state index in [1.807, 2.05) is 12.1 Å². The predicted molar refractivity (Wildman–Crippen MR) is 79.9 cm³/mol. The Hall–Kier alpha value is -0.440. The third-order valence-corrected chi connectivity index (χ3v) is 4.37. The van der Waals surface area contributed by atoms with Crippen molar-refractivity contribution in [2.75, 3.05) is 32.1 Å². The number of rotatable bonds is 3. The smallest absolute Gasteiger partial charge is 0.0488 e. The van der Waals surface area contributed by atoms with Gasteiger partial charge < -0.3 is 9.80 Å². The molecular formula is C14H20Cl2N2. The zero-order valence-electron chi connectivity index (χ0n) is 11.0. The molecule has 1 aliphatic rings. The maximum atomic E-state index is 6.22. The van der Waals surface area contributed by atoms with Gasteiger partial charge in [-0.15, -0.1) is 11.6 Å². The maximum Gasteiger partial charge on any atom is 0.0488 e. The fourth-order valence-electron chi connectivity index (χ4n) is 2.53. The molecule has 1 aliphatic heterocycles. The van der Waals surface area contributed by atoms with Crippen LogP contribution in [0.15, 0.2) is 18.2 Å². The van der Waals surface area contributed by atoms with Crippen LogP contribution in [-0.4, -0.2) is 38.1 Å². The Morgan fingerprint density at radius 1 is 1.44 bits per heavy atom. The van der Waals surface area contributed by atoms with Crippen molar-refractivity contribution in [1.82, 2.24) is 4.90 Å². The molecule has 0 radical (unpaired) electrons. The molecule has 1 atom stereocenters. The van der Waals surface area contributed by atoms with Crippen molar-refractivity contribution in [2.45, 2.75) is 24.8 Å². The van der Waals surface area contributed by atoms with Crippen LogP contribution in [0.2, 0.25) is 5.02 Å². The quantitative estimate of drug-likeness (QED) is 0.784. The monoisotopic (exact) mass is 286 g/mol. The highest BCUT2D eigenvalue weighted by molar-refractivity contribution is 6.32. The fourth-order valence-corrected chi connectivity index (χ4v) is 3.07. The van der Waals surface area contributed by atoms with E-state index in [1.54, 1.807) is 0 Å². The van der Waals surface area contributed by atoms with Crippen molar-refractivity contribution in [3.8, 4) is 0 Å². The minimum absolute atomic E-state index is 0.467. The molecule has 4 heteroatoms. The van der Waals surface area contributed by atoms with E-state index < -0.39 is 0 Å². The lowest BCUT2D eigenvalue weighted by Gasteiger charge is -2.37. The number of hydrogen-bond acceptors (Lipinski definition) is 2. The normalized spacial score (nSPS) is 21.0. The van der Waals surface area contributed by atoms with E-state index in [4.69, 9.17) is 23.2 Å². The van der Waals surface area contributed by atoms with Gasteiger partial charge in [-0.1, -0.05) is 17.7 Å². The zero-order valence-corrected chi connectivity index (χ0v) is 12.5. The van der Waals surface area contributed by atoms with E-state index in [-0.39, 0.29) is 0 Å². The average Bonchev–Trinajstić information content (AvgIpc) is 2.37. The SMILES string of the molecule is CN1CCCC(N(C)c2ccc(CCl)c(Cl)c2)C1. The Bertz CT molecular complexity index is 409. The summed E-state index contributed by atoms with van der Waals surface area (Å²) in [6.07, 6.45) is 2.51. The number of nitrogens with zero attached hydrogens (tertiary/aromatic N) is 2. The van der Waals surface area contributed by atoms with Gasteiger partial charge >= 0.3 is 0 Å². The van der Waals surface area contributed by atoms with Crippen molar-refractivity contribution >= 4 is 28.9 Å². The van der Waals surface area contributed by atoms with Gasteiger partial charge in [0.1, 0.15) is 0 Å². The number of benzene rings is 1. The van der Waals surface area contributed by atoms with Gasteiger partial charge in [-0.05, 0) is 44.1 Å². The van der Waals surface area contributed by atoms with Gasteiger partial charge in [-0.3, -0.25) is 0 Å².